The quantitative estimate of drug-likeness (QED) is 0.909. The van der Waals surface area contributed by atoms with E-state index in [4.69, 9.17) is 0 Å². The van der Waals surface area contributed by atoms with Crippen molar-refractivity contribution >= 4 is 5.91 Å². The van der Waals surface area contributed by atoms with Gasteiger partial charge in [-0.1, -0.05) is 12.1 Å². The third-order valence-corrected chi connectivity index (χ3v) is 6.32. The first kappa shape index (κ1) is 15.1. The number of aromatic nitrogens is 2. The number of carbonyl (C=O) groups is 1. The van der Waals surface area contributed by atoms with E-state index in [9.17, 15) is 9.18 Å². The lowest BCUT2D eigenvalue weighted by Gasteiger charge is -2.39. The molecule has 0 unspecified atom stereocenters. The van der Waals surface area contributed by atoms with Gasteiger partial charge in [-0.05, 0) is 68.6 Å². The predicted molar refractivity (Wildman–Crippen MR) is 92.0 cm³/mol. The number of benzene rings is 1. The van der Waals surface area contributed by atoms with Gasteiger partial charge in [0.2, 0.25) is 0 Å². The van der Waals surface area contributed by atoms with Crippen LogP contribution in [0.1, 0.15) is 65.3 Å². The molecule has 2 aliphatic heterocycles. The van der Waals surface area contributed by atoms with Crippen molar-refractivity contribution < 1.29 is 9.18 Å². The molecule has 1 aliphatic carbocycles. The Morgan fingerprint density at radius 3 is 2.56 bits per heavy atom. The Morgan fingerprint density at radius 2 is 1.84 bits per heavy atom. The van der Waals surface area contributed by atoms with Crippen LogP contribution in [0.4, 0.5) is 4.39 Å². The summed E-state index contributed by atoms with van der Waals surface area (Å²) in [5, 5.41) is 7.40. The summed E-state index contributed by atoms with van der Waals surface area (Å²) < 4.78 is 13.2. The van der Waals surface area contributed by atoms with E-state index in [0.29, 0.717) is 11.6 Å². The molecule has 5 heteroatoms. The summed E-state index contributed by atoms with van der Waals surface area (Å²) >= 11 is 0. The molecule has 3 heterocycles. The number of nitrogens with one attached hydrogen (secondary N) is 1. The van der Waals surface area contributed by atoms with Crippen LogP contribution in [0.25, 0.3) is 0 Å². The van der Waals surface area contributed by atoms with Gasteiger partial charge in [-0.2, -0.15) is 5.10 Å². The predicted octanol–water partition coefficient (Wildman–Crippen LogP) is 3.59. The first-order chi connectivity index (χ1) is 12.2. The zero-order valence-electron chi connectivity index (χ0n) is 14.2. The first-order valence-corrected chi connectivity index (χ1v) is 9.35. The van der Waals surface area contributed by atoms with Crippen LogP contribution in [0.2, 0.25) is 0 Å². The minimum Gasteiger partial charge on any atom is -0.331 e. The van der Waals surface area contributed by atoms with Crippen molar-refractivity contribution in [2.75, 3.05) is 0 Å². The van der Waals surface area contributed by atoms with Crippen molar-refractivity contribution in [3.05, 3.63) is 52.6 Å². The summed E-state index contributed by atoms with van der Waals surface area (Å²) in [6.07, 6.45) is 7.18. The van der Waals surface area contributed by atoms with Crippen molar-refractivity contribution in [1.29, 1.82) is 0 Å². The number of halogens is 1. The van der Waals surface area contributed by atoms with Crippen molar-refractivity contribution in [2.24, 2.45) is 0 Å². The largest absolute Gasteiger partial charge is 0.331 e. The van der Waals surface area contributed by atoms with Crippen LogP contribution in [0, 0.1) is 5.82 Å². The van der Waals surface area contributed by atoms with Crippen LogP contribution in [0.3, 0.4) is 0 Å². The van der Waals surface area contributed by atoms with Crippen LogP contribution < -0.4 is 0 Å². The number of rotatable bonds is 2. The molecule has 0 radical (unpaired) electrons. The Bertz CT molecular complexity index is 799. The first-order valence-electron chi connectivity index (χ1n) is 9.35. The van der Waals surface area contributed by atoms with E-state index in [2.05, 4.69) is 15.1 Å². The number of aryl methyl sites for hydroxylation is 1. The Kier molecular flexibility index (Phi) is 3.43. The standard InChI is InChI=1S/C20H22FN3O/c21-14-6-4-12(5-7-14)13-10-15-8-9-16(11-13)24(15)20(25)19-17-2-1-3-18(17)22-23-19/h4-7,13,15-16H,1-3,8-11H2,(H,22,23)/t15-,16-/m0/s1. The van der Waals surface area contributed by atoms with Gasteiger partial charge in [0.15, 0.2) is 5.69 Å². The van der Waals surface area contributed by atoms with E-state index in [-0.39, 0.29) is 23.8 Å². The molecule has 4 nitrogen and oxygen atoms in total. The van der Waals surface area contributed by atoms with Gasteiger partial charge >= 0.3 is 0 Å². The Morgan fingerprint density at radius 1 is 1.12 bits per heavy atom. The molecule has 2 bridgehead atoms. The molecule has 25 heavy (non-hydrogen) atoms. The highest BCUT2D eigenvalue weighted by molar-refractivity contribution is 5.95. The van der Waals surface area contributed by atoms with E-state index in [1.54, 1.807) is 12.1 Å². The zero-order chi connectivity index (χ0) is 17.0. The maximum atomic E-state index is 13.2. The van der Waals surface area contributed by atoms with Crippen molar-refractivity contribution in [3.63, 3.8) is 0 Å². The molecule has 130 valence electrons. The fourth-order valence-corrected chi connectivity index (χ4v) is 5.13. The average molecular weight is 339 g/mol. The van der Waals surface area contributed by atoms with Crippen molar-refractivity contribution in [1.82, 2.24) is 15.1 Å². The molecule has 3 aliphatic rings. The van der Waals surface area contributed by atoms with Crippen LogP contribution >= 0.6 is 0 Å². The Labute approximate surface area is 146 Å². The van der Waals surface area contributed by atoms with Gasteiger partial charge in [-0.25, -0.2) is 4.39 Å². The number of carbonyl (C=O) groups excluding carboxylic acids is 1. The number of fused-ring (bicyclic) bond motifs is 3. The van der Waals surface area contributed by atoms with Crippen LogP contribution in [-0.2, 0) is 12.8 Å². The lowest BCUT2D eigenvalue weighted by molar-refractivity contribution is 0.0564. The molecule has 2 fully saturated rings. The minimum absolute atomic E-state index is 0.115. The van der Waals surface area contributed by atoms with Crippen LogP contribution in [0.5, 0.6) is 0 Å². The number of H-pyrrole nitrogens is 1. The van der Waals surface area contributed by atoms with Gasteiger partial charge in [0.05, 0.1) is 0 Å². The van der Waals surface area contributed by atoms with Crippen molar-refractivity contribution in [2.45, 2.75) is 62.9 Å². The van der Waals surface area contributed by atoms with Gasteiger partial charge in [-0.3, -0.25) is 9.89 Å². The van der Waals surface area contributed by atoms with E-state index in [1.165, 1.54) is 5.56 Å². The number of nitrogens with zero attached hydrogens (tertiary/aromatic N) is 2. The Balaban J connectivity index is 1.38. The highest BCUT2D eigenvalue weighted by Gasteiger charge is 2.45. The molecule has 1 aromatic heterocycles. The second kappa shape index (κ2) is 5.68. The zero-order valence-corrected chi connectivity index (χ0v) is 14.2. The smallest absolute Gasteiger partial charge is 0.275 e. The fourth-order valence-electron chi connectivity index (χ4n) is 5.13. The maximum Gasteiger partial charge on any atom is 0.275 e. The molecule has 2 aromatic rings. The summed E-state index contributed by atoms with van der Waals surface area (Å²) in [4.78, 5) is 15.3. The molecular weight excluding hydrogens is 317 g/mol. The fraction of sp³-hybridized carbons (Fsp3) is 0.500. The number of hydrogen-bond donors (Lipinski definition) is 1. The minimum atomic E-state index is -0.188. The number of hydrogen-bond acceptors (Lipinski definition) is 2. The molecule has 1 amide bonds. The van der Waals surface area contributed by atoms with E-state index >= 15 is 0 Å². The highest BCUT2D eigenvalue weighted by atomic mass is 19.1. The van der Waals surface area contributed by atoms with Crippen LogP contribution in [0.15, 0.2) is 24.3 Å². The molecule has 0 spiro atoms. The topological polar surface area (TPSA) is 49.0 Å². The summed E-state index contributed by atoms with van der Waals surface area (Å²) in [6, 6.07) is 7.46. The lowest BCUT2D eigenvalue weighted by atomic mass is 9.85. The molecule has 0 saturated carbocycles. The van der Waals surface area contributed by atoms with E-state index < -0.39 is 0 Å². The maximum absolute atomic E-state index is 13.2. The summed E-state index contributed by atoms with van der Waals surface area (Å²) in [5.74, 6) is 0.350. The molecular formula is C20H22FN3O. The van der Waals surface area contributed by atoms with Gasteiger partial charge in [0, 0.05) is 23.3 Å². The number of aromatic amines is 1. The van der Waals surface area contributed by atoms with Gasteiger partial charge in [-0.15, -0.1) is 0 Å². The van der Waals surface area contributed by atoms with Gasteiger partial charge in [0.25, 0.3) is 5.91 Å². The number of piperidine rings is 1. The van der Waals surface area contributed by atoms with Gasteiger partial charge in [0.1, 0.15) is 5.82 Å². The van der Waals surface area contributed by atoms with E-state index in [0.717, 1.165) is 56.2 Å². The van der Waals surface area contributed by atoms with Gasteiger partial charge < -0.3 is 4.90 Å². The highest BCUT2D eigenvalue weighted by Crippen LogP contribution is 2.44. The summed E-state index contributed by atoms with van der Waals surface area (Å²) in [5.41, 5.74) is 4.15. The Hall–Kier alpha value is -2.17. The lowest BCUT2D eigenvalue weighted by Crippen LogP contribution is -2.46. The molecule has 2 saturated heterocycles. The SMILES string of the molecule is O=C(c1n[nH]c2c1CCC2)N1[C@H]2CC[C@H]1CC(c1ccc(F)cc1)C2. The second-order valence-corrected chi connectivity index (χ2v) is 7.70. The molecule has 1 N–H and O–H groups in total. The number of amides is 1. The normalized spacial score (nSPS) is 27.6. The third-order valence-electron chi connectivity index (χ3n) is 6.32. The second-order valence-electron chi connectivity index (χ2n) is 7.70. The van der Waals surface area contributed by atoms with E-state index in [1.807, 2.05) is 12.1 Å². The molecule has 2 atom stereocenters. The monoisotopic (exact) mass is 339 g/mol. The summed E-state index contributed by atoms with van der Waals surface area (Å²) in [6.45, 7) is 0. The molecule has 5 rings (SSSR count). The van der Waals surface area contributed by atoms with Crippen molar-refractivity contribution in [3.8, 4) is 0 Å². The average Bonchev–Trinajstić information content (AvgIpc) is 3.28. The third kappa shape index (κ3) is 2.40. The molecule has 1 aromatic carbocycles. The summed E-state index contributed by atoms with van der Waals surface area (Å²) in [7, 11) is 0. The van der Waals surface area contributed by atoms with Crippen LogP contribution in [-0.4, -0.2) is 33.1 Å².